The molecule has 1 unspecified atom stereocenters. The molecule has 1 aliphatic rings. The minimum absolute atomic E-state index is 0.1000. The molecule has 0 aliphatic carbocycles. The Labute approximate surface area is 184 Å². The molecule has 1 aromatic heterocycles. The number of furan rings is 1. The maximum atomic E-state index is 13.1. The summed E-state index contributed by atoms with van der Waals surface area (Å²) < 4.78 is 11.0. The second-order valence-electron chi connectivity index (χ2n) is 7.10. The van der Waals surface area contributed by atoms with Crippen LogP contribution in [0.3, 0.4) is 0 Å². The van der Waals surface area contributed by atoms with E-state index in [1.807, 2.05) is 19.9 Å². The predicted molar refractivity (Wildman–Crippen MR) is 117 cm³/mol. The summed E-state index contributed by atoms with van der Waals surface area (Å²) in [7, 11) is 0. The number of aryl methyl sites for hydroxylation is 1. The number of hydrogen-bond acceptors (Lipinski definition) is 5. The van der Waals surface area contributed by atoms with Crippen LogP contribution in [0.2, 0.25) is 5.02 Å². The lowest BCUT2D eigenvalue weighted by molar-refractivity contribution is -0.132. The molecule has 7 heteroatoms. The predicted octanol–water partition coefficient (Wildman–Crippen LogP) is 5.27. The van der Waals surface area contributed by atoms with E-state index < -0.39 is 17.7 Å². The second-order valence-corrected chi connectivity index (χ2v) is 7.51. The van der Waals surface area contributed by atoms with Gasteiger partial charge in [0, 0.05) is 11.3 Å². The van der Waals surface area contributed by atoms with Crippen molar-refractivity contribution < 1.29 is 23.8 Å². The van der Waals surface area contributed by atoms with Gasteiger partial charge in [-0.3, -0.25) is 14.5 Å². The van der Waals surface area contributed by atoms with E-state index in [0.29, 0.717) is 23.8 Å². The fourth-order valence-electron chi connectivity index (χ4n) is 3.68. The summed E-state index contributed by atoms with van der Waals surface area (Å²) >= 11 is 6.32. The number of nitrogens with zero attached hydrogens (tertiary/aromatic N) is 1. The molecule has 0 radical (unpaired) electrons. The van der Waals surface area contributed by atoms with Crippen LogP contribution in [0.25, 0.3) is 5.76 Å². The summed E-state index contributed by atoms with van der Waals surface area (Å²) in [6.07, 6.45) is 1.45. The zero-order chi connectivity index (χ0) is 22.1. The van der Waals surface area contributed by atoms with Crippen LogP contribution in [0.15, 0.2) is 70.9 Å². The van der Waals surface area contributed by atoms with Gasteiger partial charge in [-0.25, -0.2) is 0 Å². The SMILES string of the molecule is CCOc1ccc(Cl)c(/C(O)=C2/C(=O)C(=O)N(c3cccc(C)c3)C2c2ccco2)c1. The van der Waals surface area contributed by atoms with Crippen LogP contribution in [0, 0.1) is 6.92 Å². The van der Waals surface area contributed by atoms with Crippen molar-refractivity contribution in [2.24, 2.45) is 0 Å². The fourth-order valence-corrected chi connectivity index (χ4v) is 3.89. The van der Waals surface area contributed by atoms with Gasteiger partial charge in [0.15, 0.2) is 0 Å². The Bertz CT molecular complexity index is 1180. The van der Waals surface area contributed by atoms with Gasteiger partial charge in [0.1, 0.15) is 23.3 Å². The Morgan fingerprint density at radius 1 is 1.16 bits per heavy atom. The molecule has 6 nitrogen and oxygen atoms in total. The maximum Gasteiger partial charge on any atom is 0.300 e. The van der Waals surface area contributed by atoms with Crippen LogP contribution in [0.4, 0.5) is 5.69 Å². The lowest BCUT2D eigenvalue weighted by Gasteiger charge is -2.23. The molecule has 3 aromatic rings. The Morgan fingerprint density at radius 2 is 1.97 bits per heavy atom. The van der Waals surface area contributed by atoms with Crippen molar-refractivity contribution in [3.05, 3.63) is 88.3 Å². The minimum atomic E-state index is -0.941. The smallest absolute Gasteiger partial charge is 0.300 e. The fraction of sp³-hybridized carbons (Fsp3) is 0.167. The number of aliphatic hydroxyl groups is 1. The number of carbonyl (C=O) groups excluding carboxylic acids is 2. The molecule has 0 spiro atoms. The third-order valence-corrected chi connectivity index (χ3v) is 5.37. The van der Waals surface area contributed by atoms with E-state index in [0.717, 1.165) is 5.56 Å². The molecule has 2 heterocycles. The lowest BCUT2D eigenvalue weighted by Crippen LogP contribution is -2.29. The first-order valence-corrected chi connectivity index (χ1v) is 10.1. The second kappa shape index (κ2) is 8.32. The first-order valence-electron chi connectivity index (χ1n) is 9.76. The highest BCUT2D eigenvalue weighted by atomic mass is 35.5. The van der Waals surface area contributed by atoms with Crippen LogP contribution in [0.1, 0.15) is 29.9 Å². The first kappa shape index (κ1) is 20.8. The average Bonchev–Trinajstić information content (AvgIpc) is 3.36. The highest BCUT2D eigenvalue weighted by Gasteiger charge is 2.48. The summed E-state index contributed by atoms with van der Waals surface area (Å²) in [5.74, 6) is -1.14. The summed E-state index contributed by atoms with van der Waals surface area (Å²) in [6.45, 7) is 4.14. The largest absolute Gasteiger partial charge is 0.507 e. The summed E-state index contributed by atoms with van der Waals surface area (Å²) in [5.41, 5.74) is 1.55. The third-order valence-electron chi connectivity index (χ3n) is 5.04. The normalized spacial score (nSPS) is 17.9. The number of carbonyl (C=O) groups is 2. The van der Waals surface area contributed by atoms with Gasteiger partial charge < -0.3 is 14.3 Å². The van der Waals surface area contributed by atoms with Gasteiger partial charge in [-0.05, 0) is 61.9 Å². The van der Waals surface area contributed by atoms with E-state index >= 15 is 0 Å². The molecule has 0 saturated carbocycles. The van der Waals surface area contributed by atoms with Gasteiger partial charge in [-0.2, -0.15) is 0 Å². The third kappa shape index (κ3) is 3.70. The lowest BCUT2D eigenvalue weighted by atomic mass is 9.99. The van der Waals surface area contributed by atoms with Crippen LogP contribution in [-0.2, 0) is 9.59 Å². The Kier molecular flexibility index (Phi) is 5.57. The maximum absolute atomic E-state index is 13.1. The van der Waals surface area contributed by atoms with Gasteiger partial charge in [0.2, 0.25) is 0 Å². The first-order chi connectivity index (χ1) is 14.9. The molecule has 1 atom stereocenters. The van der Waals surface area contributed by atoms with E-state index in [-0.39, 0.29) is 21.9 Å². The highest BCUT2D eigenvalue weighted by molar-refractivity contribution is 6.52. The molecular weight excluding hydrogens is 418 g/mol. The number of benzene rings is 2. The van der Waals surface area contributed by atoms with Crippen LogP contribution in [-0.4, -0.2) is 23.4 Å². The molecule has 2 aromatic carbocycles. The molecule has 1 amide bonds. The summed E-state index contributed by atoms with van der Waals surface area (Å²) in [6, 6.07) is 14.4. The number of hydrogen-bond donors (Lipinski definition) is 1. The van der Waals surface area contributed by atoms with Crippen molar-refractivity contribution in [1.82, 2.24) is 0 Å². The van der Waals surface area contributed by atoms with Crippen molar-refractivity contribution in [2.45, 2.75) is 19.9 Å². The molecule has 4 rings (SSSR count). The molecule has 1 aliphatic heterocycles. The van der Waals surface area contributed by atoms with Crippen LogP contribution >= 0.6 is 11.6 Å². The number of amides is 1. The molecular formula is C24H20ClNO5. The van der Waals surface area contributed by atoms with Crippen molar-refractivity contribution in [3.8, 4) is 5.75 Å². The van der Waals surface area contributed by atoms with E-state index in [1.165, 1.54) is 11.2 Å². The number of anilines is 1. The number of ether oxygens (including phenoxy) is 1. The van der Waals surface area contributed by atoms with Crippen LogP contribution in [0.5, 0.6) is 5.75 Å². The monoisotopic (exact) mass is 437 g/mol. The van der Waals surface area contributed by atoms with E-state index in [2.05, 4.69) is 0 Å². The van der Waals surface area contributed by atoms with Gasteiger partial charge in [-0.15, -0.1) is 0 Å². The standard InChI is InChI=1S/C24H20ClNO5/c1-3-30-16-9-10-18(25)17(13-16)22(27)20-21(19-8-5-11-31-19)26(24(29)23(20)28)15-7-4-6-14(2)12-15/h4-13,21,27H,3H2,1-2H3/b22-20-. The van der Waals surface area contributed by atoms with Gasteiger partial charge in [0.05, 0.1) is 23.5 Å². The molecule has 1 N–H and O–H groups in total. The number of Topliss-reactive ketones (excluding diaryl/α,β-unsaturated/α-hetero) is 1. The van der Waals surface area contributed by atoms with E-state index in [1.54, 1.807) is 48.5 Å². The zero-order valence-corrected chi connectivity index (χ0v) is 17.7. The number of halogens is 1. The van der Waals surface area contributed by atoms with Gasteiger partial charge >= 0.3 is 0 Å². The molecule has 0 bridgehead atoms. The molecule has 1 fully saturated rings. The Morgan fingerprint density at radius 3 is 2.65 bits per heavy atom. The van der Waals surface area contributed by atoms with Crippen LogP contribution < -0.4 is 9.64 Å². The molecule has 1 saturated heterocycles. The van der Waals surface area contributed by atoms with Crippen molar-refractivity contribution in [2.75, 3.05) is 11.5 Å². The van der Waals surface area contributed by atoms with E-state index in [4.69, 9.17) is 20.8 Å². The van der Waals surface area contributed by atoms with E-state index in [9.17, 15) is 14.7 Å². The highest BCUT2D eigenvalue weighted by Crippen LogP contribution is 2.43. The molecule has 31 heavy (non-hydrogen) atoms. The van der Waals surface area contributed by atoms with Crippen molar-refractivity contribution in [1.29, 1.82) is 0 Å². The summed E-state index contributed by atoms with van der Waals surface area (Å²) in [5, 5.41) is 11.4. The molecule has 158 valence electrons. The van der Waals surface area contributed by atoms with Gasteiger partial charge in [-0.1, -0.05) is 23.7 Å². The number of rotatable bonds is 5. The average molecular weight is 438 g/mol. The minimum Gasteiger partial charge on any atom is -0.507 e. The topological polar surface area (TPSA) is 80.0 Å². The van der Waals surface area contributed by atoms with Crippen molar-refractivity contribution in [3.63, 3.8) is 0 Å². The number of aliphatic hydroxyl groups excluding tert-OH is 1. The quantitative estimate of drug-likeness (QED) is 0.334. The summed E-state index contributed by atoms with van der Waals surface area (Å²) in [4.78, 5) is 27.5. The number of ketones is 1. The van der Waals surface area contributed by atoms with Gasteiger partial charge in [0.25, 0.3) is 11.7 Å². The Hall–Kier alpha value is -3.51. The Balaban J connectivity index is 1.93. The zero-order valence-electron chi connectivity index (χ0n) is 17.0. The van der Waals surface area contributed by atoms with Crippen molar-refractivity contribution >= 4 is 34.7 Å².